The van der Waals surface area contributed by atoms with Crippen molar-refractivity contribution in [2.75, 3.05) is 26.7 Å². The number of urea groups is 1. The van der Waals surface area contributed by atoms with Gasteiger partial charge in [0.2, 0.25) is 0 Å². The van der Waals surface area contributed by atoms with Gasteiger partial charge in [-0.05, 0) is 37.5 Å². The summed E-state index contributed by atoms with van der Waals surface area (Å²) in [5.74, 6) is 0.856. The van der Waals surface area contributed by atoms with Crippen LogP contribution in [0.4, 0.5) is 4.79 Å². The number of halogens is 1. The number of rotatable bonds is 3. The van der Waals surface area contributed by atoms with E-state index in [4.69, 9.17) is 0 Å². The molecule has 144 valence electrons. The first-order chi connectivity index (χ1) is 11.2. The van der Waals surface area contributed by atoms with Gasteiger partial charge in [0, 0.05) is 26.7 Å². The molecular formula is C17H32IN5O2. The zero-order chi connectivity index (χ0) is 18.0. The van der Waals surface area contributed by atoms with E-state index < -0.39 is 5.54 Å². The molecule has 0 aromatic rings. The lowest BCUT2D eigenvalue weighted by Crippen LogP contribution is -2.55. The van der Waals surface area contributed by atoms with Crippen molar-refractivity contribution < 1.29 is 9.59 Å². The van der Waals surface area contributed by atoms with Crippen molar-refractivity contribution in [3.63, 3.8) is 0 Å². The Balaban J connectivity index is 0.00000312. The van der Waals surface area contributed by atoms with E-state index >= 15 is 0 Å². The molecule has 3 amide bonds. The molecule has 0 aliphatic carbocycles. The summed E-state index contributed by atoms with van der Waals surface area (Å²) in [4.78, 5) is 30.1. The predicted molar refractivity (Wildman–Crippen MR) is 110 cm³/mol. The standard InChI is InChI=1S/C17H31N5O2.HI/c1-16(2,3)8-9-19-14(18-5)22-10-6-12(7-11-22)17(4)13(23)20-15(24)21-17;/h12H,6-11H2,1-5H3,(H,18,19)(H2,20,21,23,24);1H. The summed E-state index contributed by atoms with van der Waals surface area (Å²) in [5.41, 5.74) is -0.492. The molecule has 0 aromatic carbocycles. The summed E-state index contributed by atoms with van der Waals surface area (Å²) in [7, 11) is 1.80. The monoisotopic (exact) mass is 465 g/mol. The van der Waals surface area contributed by atoms with Crippen molar-refractivity contribution in [3.8, 4) is 0 Å². The van der Waals surface area contributed by atoms with Crippen LogP contribution in [0.25, 0.3) is 0 Å². The molecule has 2 aliphatic heterocycles. The zero-order valence-electron chi connectivity index (χ0n) is 15.9. The topological polar surface area (TPSA) is 85.8 Å². The molecule has 0 radical (unpaired) electrons. The van der Waals surface area contributed by atoms with Gasteiger partial charge in [-0.2, -0.15) is 0 Å². The van der Waals surface area contributed by atoms with Crippen LogP contribution in [-0.4, -0.2) is 55.0 Å². The van der Waals surface area contributed by atoms with E-state index in [0.29, 0.717) is 5.41 Å². The first kappa shape index (κ1) is 22.0. The van der Waals surface area contributed by atoms with E-state index in [1.165, 1.54) is 0 Å². The van der Waals surface area contributed by atoms with Gasteiger partial charge in [-0.25, -0.2) is 4.79 Å². The number of piperidine rings is 1. The van der Waals surface area contributed by atoms with Crippen LogP contribution in [-0.2, 0) is 4.79 Å². The van der Waals surface area contributed by atoms with Gasteiger partial charge in [0.15, 0.2) is 5.96 Å². The average molecular weight is 465 g/mol. The molecule has 2 aliphatic rings. The summed E-state index contributed by atoms with van der Waals surface area (Å²) < 4.78 is 0. The largest absolute Gasteiger partial charge is 0.356 e. The van der Waals surface area contributed by atoms with E-state index in [-0.39, 0.29) is 41.8 Å². The third-order valence-electron chi connectivity index (χ3n) is 5.05. The highest BCUT2D eigenvalue weighted by Crippen LogP contribution is 2.30. The molecule has 0 spiro atoms. The number of hydrogen-bond acceptors (Lipinski definition) is 3. The highest BCUT2D eigenvalue weighted by atomic mass is 127. The minimum Gasteiger partial charge on any atom is -0.356 e. The third kappa shape index (κ3) is 5.46. The molecule has 25 heavy (non-hydrogen) atoms. The fraction of sp³-hybridized carbons (Fsp3) is 0.824. The second-order valence-corrected chi connectivity index (χ2v) is 8.16. The van der Waals surface area contributed by atoms with Crippen LogP contribution in [0, 0.1) is 11.3 Å². The average Bonchev–Trinajstić information content (AvgIpc) is 2.76. The minimum absolute atomic E-state index is 0. The molecule has 2 saturated heterocycles. The van der Waals surface area contributed by atoms with Crippen LogP contribution in [0.15, 0.2) is 4.99 Å². The highest BCUT2D eigenvalue weighted by molar-refractivity contribution is 14.0. The lowest BCUT2D eigenvalue weighted by atomic mass is 9.79. The maximum absolute atomic E-state index is 12.1. The molecule has 0 saturated carbocycles. The van der Waals surface area contributed by atoms with Gasteiger partial charge >= 0.3 is 6.03 Å². The first-order valence-corrected chi connectivity index (χ1v) is 8.75. The molecule has 3 N–H and O–H groups in total. The molecule has 0 aromatic heterocycles. The van der Waals surface area contributed by atoms with Crippen LogP contribution in [0.1, 0.15) is 47.0 Å². The molecule has 2 rings (SSSR count). The highest BCUT2D eigenvalue weighted by Gasteiger charge is 2.48. The summed E-state index contributed by atoms with van der Waals surface area (Å²) >= 11 is 0. The number of aliphatic imine (C=N–C) groups is 1. The quantitative estimate of drug-likeness (QED) is 0.257. The van der Waals surface area contributed by atoms with Gasteiger partial charge < -0.3 is 15.5 Å². The molecule has 1 unspecified atom stereocenters. The van der Waals surface area contributed by atoms with Gasteiger partial charge in [-0.15, -0.1) is 24.0 Å². The number of carbonyl (C=O) groups is 2. The van der Waals surface area contributed by atoms with Gasteiger partial charge in [0.25, 0.3) is 5.91 Å². The Morgan fingerprint density at radius 3 is 2.36 bits per heavy atom. The summed E-state index contributed by atoms with van der Waals surface area (Å²) in [5, 5.41) is 8.58. The third-order valence-corrected chi connectivity index (χ3v) is 5.05. The van der Waals surface area contributed by atoms with Crippen LogP contribution >= 0.6 is 24.0 Å². The van der Waals surface area contributed by atoms with Crippen molar-refractivity contribution >= 4 is 41.9 Å². The van der Waals surface area contributed by atoms with Crippen molar-refractivity contribution in [2.24, 2.45) is 16.3 Å². The minimum atomic E-state index is -0.785. The molecular weight excluding hydrogens is 433 g/mol. The number of hydrogen-bond donors (Lipinski definition) is 3. The Bertz CT molecular complexity index is 524. The number of nitrogens with zero attached hydrogens (tertiary/aromatic N) is 2. The first-order valence-electron chi connectivity index (χ1n) is 8.75. The fourth-order valence-electron chi connectivity index (χ4n) is 3.39. The molecule has 8 heteroatoms. The van der Waals surface area contributed by atoms with E-state index in [2.05, 4.69) is 46.6 Å². The van der Waals surface area contributed by atoms with Crippen molar-refractivity contribution in [3.05, 3.63) is 0 Å². The number of carbonyl (C=O) groups excluding carboxylic acids is 2. The Hall–Kier alpha value is -1.06. The number of guanidine groups is 1. The van der Waals surface area contributed by atoms with Crippen molar-refractivity contribution in [1.29, 1.82) is 0 Å². The maximum Gasteiger partial charge on any atom is 0.322 e. The van der Waals surface area contributed by atoms with E-state index in [1.807, 2.05) is 6.92 Å². The Labute approximate surface area is 167 Å². The Morgan fingerprint density at radius 2 is 1.92 bits per heavy atom. The maximum atomic E-state index is 12.1. The number of likely N-dealkylation sites (tertiary alicyclic amines) is 1. The van der Waals surface area contributed by atoms with Gasteiger partial charge in [-0.1, -0.05) is 20.8 Å². The van der Waals surface area contributed by atoms with Gasteiger partial charge in [-0.3, -0.25) is 15.1 Å². The van der Waals surface area contributed by atoms with Crippen molar-refractivity contribution in [1.82, 2.24) is 20.9 Å². The smallest absolute Gasteiger partial charge is 0.322 e. The van der Waals surface area contributed by atoms with Crippen LogP contribution in [0.2, 0.25) is 0 Å². The summed E-state index contributed by atoms with van der Waals surface area (Å²) in [6.45, 7) is 11.1. The lowest BCUT2D eigenvalue weighted by molar-refractivity contribution is -0.125. The van der Waals surface area contributed by atoms with Crippen LogP contribution < -0.4 is 16.0 Å². The van der Waals surface area contributed by atoms with E-state index in [9.17, 15) is 9.59 Å². The lowest BCUT2D eigenvalue weighted by Gasteiger charge is -2.39. The predicted octanol–water partition coefficient (Wildman–Crippen LogP) is 1.93. The summed E-state index contributed by atoms with van der Waals surface area (Å²) in [6, 6.07) is -0.385. The summed E-state index contributed by atoms with van der Waals surface area (Å²) in [6.07, 6.45) is 2.78. The number of imide groups is 1. The second-order valence-electron chi connectivity index (χ2n) is 8.16. The second kappa shape index (κ2) is 8.55. The Morgan fingerprint density at radius 1 is 1.32 bits per heavy atom. The molecule has 1 atom stereocenters. The van der Waals surface area contributed by atoms with E-state index in [1.54, 1.807) is 7.05 Å². The molecule has 2 fully saturated rings. The van der Waals surface area contributed by atoms with Crippen molar-refractivity contribution in [2.45, 2.75) is 52.5 Å². The van der Waals surface area contributed by atoms with Gasteiger partial charge in [0.1, 0.15) is 5.54 Å². The molecule has 7 nitrogen and oxygen atoms in total. The Kier molecular flexibility index (Phi) is 7.52. The van der Waals surface area contributed by atoms with Crippen LogP contribution in [0.3, 0.4) is 0 Å². The van der Waals surface area contributed by atoms with Gasteiger partial charge in [0.05, 0.1) is 0 Å². The van der Waals surface area contributed by atoms with E-state index in [0.717, 1.165) is 44.9 Å². The van der Waals surface area contributed by atoms with Crippen LogP contribution in [0.5, 0.6) is 0 Å². The SMILES string of the molecule is CN=C(NCCC(C)(C)C)N1CCC(C2(C)NC(=O)NC2=O)CC1.I. The normalized spacial score (nSPS) is 25.3. The number of amides is 3. The number of nitrogens with one attached hydrogen (secondary N) is 3. The molecule has 2 heterocycles. The molecule has 0 bridgehead atoms. The zero-order valence-corrected chi connectivity index (χ0v) is 18.3. The fourth-order valence-corrected chi connectivity index (χ4v) is 3.39.